The third kappa shape index (κ3) is 2.07. The summed E-state index contributed by atoms with van der Waals surface area (Å²) in [6.45, 7) is 7.16. The van der Waals surface area contributed by atoms with E-state index in [9.17, 15) is 0 Å². The van der Waals surface area contributed by atoms with Crippen LogP contribution in [-0.2, 0) is 0 Å². The van der Waals surface area contributed by atoms with Crippen molar-refractivity contribution in [1.82, 2.24) is 0 Å². The van der Waals surface area contributed by atoms with Gasteiger partial charge in [-0.05, 0) is 48.3 Å². The Bertz CT molecular complexity index is 571. The van der Waals surface area contributed by atoms with Gasteiger partial charge < -0.3 is 0 Å². The molecule has 2 aliphatic carbocycles. The van der Waals surface area contributed by atoms with Crippen LogP contribution < -0.4 is 0 Å². The molecule has 2 bridgehead atoms. The van der Waals surface area contributed by atoms with E-state index >= 15 is 0 Å². The lowest BCUT2D eigenvalue weighted by Gasteiger charge is -2.34. The fourth-order valence-corrected chi connectivity index (χ4v) is 4.06. The minimum Gasteiger partial charge on any atom is -0.160 e. The fraction of sp³-hybridized carbons (Fsp3) is 0.529. The molecule has 2 fully saturated rings. The monoisotopic (exact) mass is 332 g/mol. The Balaban J connectivity index is 1.79. The van der Waals surface area contributed by atoms with Gasteiger partial charge in [0.15, 0.2) is 0 Å². The number of rotatable bonds is 2. The Morgan fingerprint density at radius 3 is 2.45 bits per heavy atom. The maximum atomic E-state index is 4.57. The van der Waals surface area contributed by atoms with Gasteiger partial charge in [0.05, 0.1) is 6.21 Å². The molecule has 0 aliphatic heterocycles. The summed E-state index contributed by atoms with van der Waals surface area (Å²) in [6, 6.07) is 8.13. The van der Waals surface area contributed by atoms with E-state index < -0.39 is 0 Å². The Kier molecular flexibility index (Phi) is 3.36. The molecular weight excluding hydrogens is 312 g/mol. The summed E-state index contributed by atoms with van der Waals surface area (Å²) in [5.74, 6) is 0.786. The molecular formula is C17H21BrN2. The first-order chi connectivity index (χ1) is 9.43. The Labute approximate surface area is 129 Å². The van der Waals surface area contributed by atoms with Crippen molar-refractivity contribution < 1.29 is 0 Å². The molecule has 0 saturated heterocycles. The molecule has 20 heavy (non-hydrogen) atoms. The molecule has 0 unspecified atom stereocenters. The van der Waals surface area contributed by atoms with Crippen LogP contribution in [-0.4, -0.2) is 11.9 Å². The number of hydrogen-bond acceptors (Lipinski definition) is 2. The van der Waals surface area contributed by atoms with E-state index in [0.717, 1.165) is 22.4 Å². The Morgan fingerprint density at radius 1 is 1.20 bits per heavy atom. The maximum absolute atomic E-state index is 4.57. The molecule has 0 radical (unpaired) electrons. The van der Waals surface area contributed by atoms with Crippen molar-refractivity contribution in [3.8, 4) is 0 Å². The van der Waals surface area contributed by atoms with Crippen LogP contribution in [0.25, 0.3) is 0 Å². The van der Waals surface area contributed by atoms with Gasteiger partial charge in [0, 0.05) is 15.6 Å². The van der Waals surface area contributed by atoms with Crippen molar-refractivity contribution in [3.63, 3.8) is 0 Å². The predicted octanol–water partition coefficient (Wildman–Crippen LogP) is 5.07. The minimum atomic E-state index is 0.245. The third-order valence-electron chi connectivity index (χ3n) is 5.77. The van der Waals surface area contributed by atoms with Gasteiger partial charge in [-0.1, -0.05) is 48.8 Å². The number of fused-ring (bicyclic) bond motifs is 2. The van der Waals surface area contributed by atoms with E-state index in [1.54, 1.807) is 0 Å². The lowest BCUT2D eigenvalue weighted by Crippen LogP contribution is -2.32. The first kappa shape index (κ1) is 14.0. The minimum absolute atomic E-state index is 0.245. The predicted molar refractivity (Wildman–Crippen MR) is 88.4 cm³/mol. The van der Waals surface area contributed by atoms with Crippen LogP contribution in [0.4, 0.5) is 0 Å². The Hall–Kier alpha value is -0.960. The summed E-state index contributed by atoms with van der Waals surface area (Å²) in [6.07, 6.45) is 5.58. The van der Waals surface area contributed by atoms with Gasteiger partial charge in [-0.25, -0.2) is 0 Å². The molecule has 1 aromatic carbocycles. The van der Waals surface area contributed by atoms with E-state index in [1.165, 1.54) is 18.6 Å². The van der Waals surface area contributed by atoms with Gasteiger partial charge >= 0.3 is 0 Å². The Morgan fingerprint density at radius 2 is 1.90 bits per heavy atom. The molecule has 2 nitrogen and oxygen atoms in total. The van der Waals surface area contributed by atoms with E-state index in [-0.39, 0.29) is 5.41 Å². The molecule has 3 rings (SSSR count). The van der Waals surface area contributed by atoms with E-state index in [0.29, 0.717) is 5.41 Å². The van der Waals surface area contributed by atoms with Crippen LogP contribution in [0.5, 0.6) is 0 Å². The zero-order valence-corrected chi connectivity index (χ0v) is 13.9. The number of benzene rings is 1. The van der Waals surface area contributed by atoms with Crippen LogP contribution in [0.1, 0.15) is 45.6 Å². The van der Waals surface area contributed by atoms with Gasteiger partial charge in [0.2, 0.25) is 0 Å². The summed E-state index contributed by atoms with van der Waals surface area (Å²) >= 11 is 3.44. The fourth-order valence-electron chi connectivity index (χ4n) is 3.79. The normalized spacial score (nSPS) is 33.4. The molecule has 2 aliphatic rings. The third-order valence-corrected chi connectivity index (χ3v) is 6.30. The quantitative estimate of drug-likeness (QED) is 0.533. The van der Waals surface area contributed by atoms with Crippen LogP contribution in [0, 0.1) is 16.7 Å². The van der Waals surface area contributed by atoms with E-state index in [4.69, 9.17) is 0 Å². The smallest absolute Gasteiger partial charge is 0.0568 e. The molecule has 0 aromatic heterocycles. The highest BCUT2D eigenvalue weighted by Gasteiger charge is 2.59. The van der Waals surface area contributed by atoms with Crippen LogP contribution in [0.3, 0.4) is 0 Å². The second kappa shape index (κ2) is 4.80. The number of halogens is 1. The van der Waals surface area contributed by atoms with Crippen molar-refractivity contribution in [1.29, 1.82) is 0 Å². The van der Waals surface area contributed by atoms with Crippen LogP contribution >= 0.6 is 15.9 Å². The largest absolute Gasteiger partial charge is 0.160 e. The highest BCUT2D eigenvalue weighted by atomic mass is 79.9. The molecule has 3 heteroatoms. The van der Waals surface area contributed by atoms with Crippen molar-refractivity contribution in [3.05, 3.63) is 34.3 Å². The molecule has 2 saturated carbocycles. The van der Waals surface area contributed by atoms with Crippen molar-refractivity contribution in [2.45, 2.75) is 40.0 Å². The lowest BCUT2D eigenvalue weighted by atomic mass is 9.70. The average Bonchev–Trinajstić information content (AvgIpc) is 2.74. The van der Waals surface area contributed by atoms with E-state index in [1.807, 2.05) is 30.5 Å². The molecule has 1 aromatic rings. The summed E-state index contributed by atoms with van der Waals surface area (Å²) in [5, 5.41) is 8.90. The zero-order valence-electron chi connectivity index (χ0n) is 12.4. The van der Waals surface area contributed by atoms with Gasteiger partial charge in [0.25, 0.3) is 0 Å². The summed E-state index contributed by atoms with van der Waals surface area (Å²) in [5.41, 5.74) is 3.01. The van der Waals surface area contributed by atoms with Gasteiger partial charge in [-0.15, -0.1) is 0 Å². The summed E-state index contributed by atoms with van der Waals surface area (Å²) in [7, 11) is 0. The highest BCUT2D eigenvalue weighted by molar-refractivity contribution is 9.10. The maximum Gasteiger partial charge on any atom is 0.0568 e. The SMILES string of the molecule is CC1(C)[C@H]2CC[C@]1(C)/C(=N/N=C\c1ccc(Br)cc1)C2. The highest BCUT2D eigenvalue weighted by Crippen LogP contribution is 2.63. The van der Waals surface area contributed by atoms with Crippen LogP contribution in [0.2, 0.25) is 0 Å². The molecule has 0 spiro atoms. The van der Waals surface area contributed by atoms with Gasteiger partial charge in [-0.3, -0.25) is 0 Å². The molecule has 0 amide bonds. The second-order valence-electron chi connectivity index (χ2n) is 6.84. The van der Waals surface area contributed by atoms with Crippen molar-refractivity contribution in [2.24, 2.45) is 27.0 Å². The van der Waals surface area contributed by atoms with Gasteiger partial charge in [0.1, 0.15) is 0 Å². The lowest BCUT2D eigenvalue weighted by molar-refractivity contribution is 0.194. The average molecular weight is 333 g/mol. The van der Waals surface area contributed by atoms with E-state index in [2.05, 4.69) is 46.9 Å². The molecule has 0 N–H and O–H groups in total. The molecule has 0 heterocycles. The topological polar surface area (TPSA) is 24.7 Å². The summed E-state index contributed by atoms with van der Waals surface area (Å²) in [4.78, 5) is 0. The molecule has 106 valence electrons. The van der Waals surface area contributed by atoms with Crippen molar-refractivity contribution >= 4 is 27.9 Å². The van der Waals surface area contributed by atoms with Gasteiger partial charge in [-0.2, -0.15) is 10.2 Å². The number of nitrogens with zero attached hydrogens (tertiary/aromatic N) is 2. The molecule has 2 atom stereocenters. The zero-order chi connectivity index (χ0) is 14.4. The second-order valence-corrected chi connectivity index (χ2v) is 7.75. The first-order valence-electron chi connectivity index (χ1n) is 7.29. The number of hydrogen-bond donors (Lipinski definition) is 0. The van der Waals surface area contributed by atoms with Crippen LogP contribution in [0.15, 0.2) is 38.9 Å². The summed E-state index contributed by atoms with van der Waals surface area (Å²) < 4.78 is 1.09. The first-order valence-corrected chi connectivity index (χ1v) is 8.09. The van der Waals surface area contributed by atoms with Crippen molar-refractivity contribution in [2.75, 3.05) is 0 Å². The standard InChI is InChI=1S/C17H21BrN2/c1-16(2)13-8-9-17(16,3)15(10-13)20-19-11-12-4-6-14(18)7-5-12/h4-7,11,13H,8-10H2,1-3H3/b19-11-,20-15+/t13-,17+/m0/s1.